The number of likely N-dealkylation sites (N-methyl/N-ethyl adjacent to an activating group) is 1. The molecule has 3 aliphatic carbocycles. The molecule has 0 heterocycles. The Morgan fingerprint density at radius 2 is 1.80 bits per heavy atom. The zero-order valence-corrected chi connectivity index (χ0v) is 19.9. The molecule has 2 fully saturated rings. The number of benzene rings is 1. The van der Waals surface area contributed by atoms with E-state index in [9.17, 15) is 34.2 Å². The number of ketones is 4. The van der Waals surface area contributed by atoms with Crippen LogP contribution >= 0.6 is 0 Å². The molecule has 10 heteroatoms. The average Bonchev–Trinajstić information content (AvgIpc) is 2.75. The maximum absolute atomic E-state index is 13.8. The van der Waals surface area contributed by atoms with Gasteiger partial charge < -0.3 is 20.8 Å². The van der Waals surface area contributed by atoms with E-state index in [0.717, 1.165) is 0 Å². The van der Waals surface area contributed by atoms with Gasteiger partial charge in [0.2, 0.25) is 5.91 Å². The Kier molecular flexibility index (Phi) is 5.62. The number of hydrogen-bond acceptors (Lipinski definition) is 9. The Morgan fingerprint density at radius 1 is 1.17 bits per heavy atom. The summed E-state index contributed by atoms with van der Waals surface area (Å²) in [5.74, 6) is -8.55. The van der Waals surface area contributed by atoms with E-state index in [1.165, 1.54) is 19.0 Å². The minimum absolute atomic E-state index is 0.00554. The number of Topliss-reactive ketones (excluding diaryl/α,β-unsaturated/α-hetero) is 4. The predicted octanol–water partition coefficient (Wildman–Crippen LogP) is -1.09. The molecule has 35 heavy (non-hydrogen) atoms. The van der Waals surface area contributed by atoms with Gasteiger partial charge in [0.1, 0.15) is 5.75 Å². The van der Waals surface area contributed by atoms with E-state index < -0.39 is 70.1 Å². The first kappa shape index (κ1) is 24.6. The second kappa shape index (κ2) is 8.00. The Labute approximate surface area is 202 Å². The van der Waals surface area contributed by atoms with Crippen LogP contribution in [0.2, 0.25) is 0 Å². The standard InChI is InChI=1S/C25H27N3O7/c1-6-10-9-14(27(2)3)12-7-11-8-13-18(28(4)5)21(31)17(24(26)34)23(33)25(13,35)22(32)15(11)20(30)16(12)19(10)29/h1,9,11,13,15,17-18,29,35H,7-8H2,2-5H3,(H2,26,34)/t11-,13-,15?,17?,18-,25-/m1/s1. The van der Waals surface area contributed by atoms with Gasteiger partial charge in [-0.25, -0.2) is 0 Å². The minimum Gasteiger partial charge on any atom is -0.506 e. The fourth-order valence-corrected chi connectivity index (χ4v) is 6.16. The zero-order valence-electron chi connectivity index (χ0n) is 19.9. The Hall–Kier alpha value is -3.55. The van der Waals surface area contributed by atoms with Gasteiger partial charge in [0.15, 0.2) is 34.7 Å². The second-order valence-electron chi connectivity index (χ2n) is 9.97. The second-order valence-corrected chi connectivity index (χ2v) is 9.97. The number of carbonyl (C=O) groups is 5. The van der Waals surface area contributed by atoms with Crippen molar-refractivity contribution in [2.24, 2.45) is 29.4 Å². The number of amides is 1. The zero-order chi connectivity index (χ0) is 26.1. The number of hydrogen-bond donors (Lipinski definition) is 3. The van der Waals surface area contributed by atoms with Crippen molar-refractivity contribution in [3.8, 4) is 18.1 Å². The SMILES string of the molecule is C#Cc1cc(N(C)C)c2c(c1O)C(=O)C1C(=O)[C@@]3(O)C(=O)C(C(N)=O)C(=O)[C@H](N(C)C)[C@H]3C[C@H]1C2. The lowest BCUT2D eigenvalue weighted by molar-refractivity contribution is -0.181. The summed E-state index contributed by atoms with van der Waals surface area (Å²) in [6.07, 6.45) is 5.69. The maximum atomic E-state index is 13.8. The molecule has 3 aliphatic rings. The largest absolute Gasteiger partial charge is 0.506 e. The van der Waals surface area contributed by atoms with E-state index in [1.807, 2.05) is 0 Å². The molecule has 0 aliphatic heterocycles. The van der Waals surface area contributed by atoms with Gasteiger partial charge in [0, 0.05) is 25.7 Å². The van der Waals surface area contributed by atoms with Gasteiger partial charge in [-0.3, -0.25) is 28.9 Å². The quantitative estimate of drug-likeness (QED) is 0.360. The van der Waals surface area contributed by atoms with Crippen LogP contribution in [0.4, 0.5) is 5.69 Å². The molecule has 1 aromatic rings. The van der Waals surface area contributed by atoms with Crippen molar-refractivity contribution in [1.29, 1.82) is 0 Å². The Morgan fingerprint density at radius 3 is 2.31 bits per heavy atom. The van der Waals surface area contributed by atoms with Crippen LogP contribution in [0.3, 0.4) is 0 Å². The number of terminal acetylenes is 1. The Bertz CT molecular complexity index is 1240. The summed E-state index contributed by atoms with van der Waals surface area (Å²) in [7, 11) is 6.58. The van der Waals surface area contributed by atoms with Crippen molar-refractivity contribution in [2.75, 3.05) is 33.1 Å². The van der Waals surface area contributed by atoms with Crippen molar-refractivity contribution in [3.05, 3.63) is 22.8 Å². The Balaban J connectivity index is 1.92. The third-order valence-electron chi connectivity index (χ3n) is 7.68. The molecule has 0 radical (unpaired) electrons. The highest BCUT2D eigenvalue weighted by molar-refractivity contribution is 6.32. The number of fused-ring (bicyclic) bond motifs is 3. The van der Waals surface area contributed by atoms with Gasteiger partial charge >= 0.3 is 0 Å². The highest BCUT2D eigenvalue weighted by Gasteiger charge is 2.69. The van der Waals surface area contributed by atoms with Crippen molar-refractivity contribution in [1.82, 2.24) is 4.90 Å². The molecule has 2 saturated carbocycles. The number of rotatable bonds is 3. The van der Waals surface area contributed by atoms with Crippen LogP contribution in [-0.2, 0) is 25.6 Å². The average molecular weight is 482 g/mol. The van der Waals surface area contributed by atoms with Crippen molar-refractivity contribution in [3.63, 3.8) is 0 Å². The fourth-order valence-electron chi connectivity index (χ4n) is 6.16. The summed E-state index contributed by atoms with van der Waals surface area (Å²) in [6, 6.07) is 0.443. The first-order valence-corrected chi connectivity index (χ1v) is 11.2. The van der Waals surface area contributed by atoms with E-state index in [4.69, 9.17) is 12.2 Å². The number of primary amides is 1. The summed E-state index contributed by atoms with van der Waals surface area (Å²) < 4.78 is 0. The lowest BCUT2D eigenvalue weighted by atomic mass is 9.52. The molecule has 6 atom stereocenters. The molecule has 10 nitrogen and oxygen atoms in total. The molecule has 0 aromatic heterocycles. The number of phenolic OH excluding ortho intramolecular Hbond substituents is 1. The lowest BCUT2D eigenvalue weighted by Gasteiger charge is -2.52. The first-order valence-electron chi connectivity index (χ1n) is 11.2. The molecule has 2 unspecified atom stereocenters. The summed E-state index contributed by atoms with van der Waals surface area (Å²) in [5, 5.41) is 22.3. The number of aromatic hydroxyl groups is 1. The van der Waals surface area contributed by atoms with Gasteiger partial charge in [-0.15, -0.1) is 6.42 Å². The van der Waals surface area contributed by atoms with Gasteiger partial charge in [0.25, 0.3) is 0 Å². The highest BCUT2D eigenvalue weighted by atomic mass is 16.3. The molecule has 0 bridgehead atoms. The smallest absolute Gasteiger partial charge is 0.235 e. The van der Waals surface area contributed by atoms with E-state index in [-0.39, 0.29) is 24.0 Å². The molecule has 1 aromatic carbocycles. The van der Waals surface area contributed by atoms with Gasteiger partial charge in [-0.1, -0.05) is 5.92 Å². The lowest BCUT2D eigenvalue weighted by Crippen LogP contribution is -2.74. The first-order chi connectivity index (χ1) is 16.3. The molecule has 4 rings (SSSR count). The number of anilines is 1. The van der Waals surface area contributed by atoms with Gasteiger partial charge in [-0.2, -0.15) is 0 Å². The monoisotopic (exact) mass is 481 g/mol. The molecule has 0 saturated heterocycles. The van der Waals surface area contributed by atoms with Crippen LogP contribution in [0.25, 0.3) is 0 Å². The van der Waals surface area contributed by atoms with Crippen LogP contribution < -0.4 is 10.6 Å². The summed E-state index contributed by atoms with van der Waals surface area (Å²) in [6.45, 7) is 0. The van der Waals surface area contributed by atoms with Crippen molar-refractivity contribution < 1.29 is 34.2 Å². The summed E-state index contributed by atoms with van der Waals surface area (Å²) in [5.41, 5.74) is 3.61. The molecular formula is C25H27N3O7. The number of phenols is 1. The molecule has 184 valence electrons. The summed E-state index contributed by atoms with van der Waals surface area (Å²) >= 11 is 0. The van der Waals surface area contributed by atoms with Gasteiger partial charge in [-0.05, 0) is 44.5 Å². The molecule has 1 amide bonds. The minimum atomic E-state index is -2.75. The molecule has 4 N–H and O–H groups in total. The third-order valence-corrected chi connectivity index (χ3v) is 7.68. The number of carbonyl (C=O) groups excluding carboxylic acids is 5. The highest BCUT2D eigenvalue weighted by Crippen LogP contribution is 2.52. The summed E-state index contributed by atoms with van der Waals surface area (Å²) in [4.78, 5) is 69.0. The molecular weight excluding hydrogens is 454 g/mol. The fraction of sp³-hybridized carbons (Fsp3) is 0.480. The van der Waals surface area contributed by atoms with E-state index >= 15 is 0 Å². The van der Waals surface area contributed by atoms with E-state index in [1.54, 1.807) is 25.1 Å². The van der Waals surface area contributed by atoms with Crippen molar-refractivity contribution >= 4 is 34.7 Å². The maximum Gasteiger partial charge on any atom is 0.235 e. The third kappa shape index (κ3) is 3.15. The topological polar surface area (TPSA) is 158 Å². The van der Waals surface area contributed by atoms with Crippen LogP contribution in [0.5, 0.6) is 5.75 Å². The normalized spacial score (nSPS) is 32.0. The van der Waals surface area contributed by atoms with Crippen LogP contribution in [0.15, 0.2) is 6.07 Å². The molecule has 0 spiro atoms. The van der Waals surface area contributed by atoms with Crippen LogP contribution in [-0.4, -0.2) is 84.0 Å². The van der Waals surface area contributed by atoms with Crippen LogP contribution in [0, 0.1) is 36.0 Å². The van der Waals surface area contributed by atoms with E-state index in [2.05, 4.69) is 5.92 Å². The number of aliphatic hydroxyl groups is 1. The predicted molar refractivity (Wildman–Crippen MR) is 124 cm³/mol. The van der Waals surface area contributed by atoms with Crippen LogP contribution in [0.1, 0.15) is 27.9 Å². The van der Waals surface area contributed by atoms with Crippen molar-refractivity contribution in [2.45, 2.75) is 24.5 Å². The number of nitrogens with zero attached hydrogens (tertiary/aromatic N) is 2. The number of nitrogens with two attached hydrogens (primary N) is 1. The van der Waals surface area contributed by atoms with E-state index in [0.29, 0.717) is 11.3 Å². The van der Waals surface area contributed by atoms with Gasteiger partial charge in [0.05, 0.1) is 23.1 Å².